The molecule has 0 fully saturated rings. The van der Waals surface area contributed by atoms with E-state index in [0.717, 1.165) is 22.2 Å². The van der Waals surface area contributed by atoms with Crippen molar-refractivity contribution < 1.29 is 9.53 Å². The van der Waals surface area contributed by atoms with Crippen LogP contribution in [0.1, 0.15) is 29.3 Å². The SMILES string of the molecule is CCCOc1ccc(/C=N/NC(=O)c2ccccc2)cc1Br. The van der Waals surface area contributed by atoms with Gasteiger partial charge in [-0.2, -0.15) is 5.10 Å². The highest BCUT2D eigenvalue weighted by Gasteiger charge is 2.03. The van der Waals surface area contributed by atoms with Crippen molar-refractivity contribution in [2.75, 3.05) is 6.61 Å². The van der Waals surface area contributed by atoms with E-state index in [2.05, 4.69) is 33.4 Å². The number of nitrogens with zero attached hydrogens (tertiary/aromatic N) is 1. The number of benzene rings is 2. The van der Waals surface area contributed by atoms with Crippen LogP contribution < -0.4 is 10.2 Å². The monoisotopic (exact) mass is 360 g/mol. The Kier molecular flexibility index (Phi) is 6.15. The van der Waals surface area contributed by atoms with E-state index in [4.69, 9.17) is 4.74 Å². The number of ether oxygens (including phenoxy) is 1. The van der Waals surface area contributed by atoms with Crippen LogP contribution in [0.2, 0.25) is 0 Å². The molecule has 0 aliphatic carbocycles. The number of carbonyl (C=O) groups is 1. The molecule has 0 aliphatic heterocycles. The molecule has 5 heteroatoms. The van der Waals surface area contributed by atoms with Gasteiger partial charge >= 0.3 is 0 Å². The van der Waals surface area contributed by atoms with Gasteiger partial charge in [0.2, 0.25) is 0 Å². The largest absolute Gasteiger partial charge is 0.492 e. The summed E-state index contributed by atoms with van der Waals surface area (Å²) in [6, 6.07) is 14.6. The second kappa shape index (κ2) is 8.34. The maximum absolute atomic E-state index is 11.8. The van der Waals surface area contributed by atoms with Crippen molar-refractivity contribution in [1.82, 2.24) is 5.43 Å². The van der Waals surface area contributed by atoms with Crippen LogP contribution >= 0.6 is 15.9 Å². The molecule has 22 heavy (non-hydrogen) atoms. The van der Waals surface area contributed by atoms with E-state index in [1.165, 1.54) is 0 Å². The molecule has 0 spiro atoms. The Bertz CT molecular complexity index is 657. The average molecular weight is 361 g/mol. The number of nitrogens with one attached hydrogen (secondary N) is 1. The Hall–Kier alpha value is -2.14. The summed E-state index contributed by atoms with van der Waals surface area (Å²) in [7, 11) is 0. The normalized spacial score (nSPS) is 10.6. The quantitative estimate of drug-likeness (QED) is 0.625. The molecule has 0 saturated carbocycles. The molecule has 0 aliphatic rings. The Labute approximate surface area is 138 Å². The van der Waals surface area contributed by atoms with Gasteiger partial charge in [0, 0.05) is 5.56 Å². The van der Waals surface area contributed by atoms with Gasteiger partial charge in [-0.1, -0.05) is 25.1 Å². The topological polar surface area (TPSA) is 50.7 Å². The first kappa shape index (κ1) is 16.2. The summed E-state index contributed by atoms with van der Waals surface area (Å²) < 4.78 is 6.44. The molecule has 0 atom stereocenters. The van der Waals surface area contributed by atoms with Crippen LogP contribution in [0.3, 0.4) is 0 Å². The van der Waals surface area contributed by atoms with Crippen LogP contribution in [0, 0.1) is 0 Å². The van der Waals surface area contributed by atoms with E-state index in [9.17, 15) is 4.79 Å². The first-order chi connectivity index (χ1) is 10.7. The number of rotatable bonds is 6. The minimum absolute atomic E-state index is 0.237. The van der Waals surface area contributed by atoms with Gasteiger partial charge < -0.3 is 4.74 Å². The fourth-order valence-corrected chi connectivity index (χ4v) is 2.26. The molecule has 2 aromatic carbocycles. The van der Waals surface area contributed by atoms with Crippen LogP contribution in [0.15, 0.2) is 58.1 Å². The van der Waals surface area contributed by atoms with Crippen LogP contribution in [0.5, 0.6) is 5.75 Å². The maximum atomic E-state index is 11.8. The van der Waals surface area contributed by atoms with Crippen molar-refractivity contribution in [2.45, 2.75) is 13.3 Å². The number of hydrogen-bond donors (Lipinski definition) is 1. The van der Waals surface area contributed by atoms with E-state index in [1.54, 1.807) is 18.3 Å². The van der Waals surface area contributed by atoms with Gasteiger partial charge in [-0.05, 0) is 58.2 Å². The Morgan fingerprint density at radius 3 is 2.73 bits per heavy atom. The summed E-state index contributed by atoms with van der Waals surface area (Å²) in [6.07, 6.45) is 2.55. The molecule has 0 heterocycles. The molecule has 114 valence electrons. The van der Waals surface area contributed by atoms with E-state index in [0.29, 0.717) is 12.2 Å². The van der Waals surface area contributed by atoms with Gasteiger partial charge in [0.05, 0.1) is 17.3 Å². The highest BCUT2D eigenvalue weighted by Crippen LogP contribution is 2.25. The number of halogens is 1. The third-order valence-electron chi connectivity index (χ3n) is 2.83. The third kappa shape index (κ3) is 4.70. The van der Waals surface area contributed by atoms with Gasteiger partial charge in [0.15, 0.2) is 0 Å². The fourth-order valence-electron chi connectivity index (χ4n) is 1.75. The van der Waals surface area contributed by atoms with Crippen molar-refractivity contribution >= 4 is 28.1 Å². The minimum atomic E-state index is -0.237. The predicted octanol–water partition coefficient (Wildman–Crippen LogP) is 4.00. The lowest BCUT2D eigenvalue weighted by Crippen LogP contribution is -2.17. The molecule has 2 rings (SSSR count). The Morgan fingerprint density at radius 2 is 2.05 bits per heavy atom. The lowest BCUT2D eigenvalue weighted by Gasteiger charge is -2.07. The highest BCUT2D eigenvalue weighted by atomic mass is 79.9. The van der Waals surface area contributed by atoms with Gasteiger partial charge in [-0.3, -0.25) is 4.79 Å². The molecule has 0 unspecified atom stereocenters. The van der Waals surface area contributed by atoms with Crippen molar-refractivity contribution in [2.24, 2.45) is 5.10 Å². The van der Waals surface area contributed by atoms with Gasteiger partial charge in [-0.15, -0.1) is 0 Å². The number of hydrogen-bond acceptors (Lipinski definition) is 3. The molecule has 1 N–H and O–H groups in total. The third-order valence-corrected chi connectivity index (χ3v) is 3.45. The van der Waals surface area contributed by atoms with Crippen LogP contribution in [-0.4, -0.2) is 18.7 Å². The zero-order valence-corrected chi connectivity index (χ0v) is 13.8. The summed E-state index contributed by atoms with van der Waals surface area (Å²) in [4.78, 5) is 11.8. The van der Waals surface area contributed by atoms with E-state index >= 15 is 0 Å². The molecular formula is C17H17BrN2O2. The first-order valence-electron chi connectivity index (χ1n) is 7.01. The van der Waals surface area contributed by atoms with E-state index < -0.39 is 0 Å². The van der Waals surface area contributed by atoms with Gasteiger partial charge in [0.25, 0.3) is 5.91 Å². The lowest BCUT2D eigenvalue weighted by atomic mass is 10.2. The van der Waals surface area contributed by atoms with E-state index in [-0.39, 0.29) is 5.91 Å². The summed E-state index contributed by atoms with van der Waals surface area (Å²) in [6.45, 7) is 2.74. The second-order valence-corrected chi connectivity index (χ2v) is 5.46. The minimum Gasteiger partial charge on any atom is -0.492 e. The molecule has 0 radical (unpaired) electrons. The van der Waals surface area contributed by atoms with Crippen LogP contribution in [0.25, 0.3) is 0 Å². The lowest BCUT2D eigenvalue weighted by molar-refractivity contribution is 0.0955. The second-order valence-electron chi connectivity index (χ2n) is 4.60. The molecule has 2 aromatic rings. The standard InChI is InChI=1S/C17H17BrN2O2/c1-2-10-22-16-9-8-13(11-15(16)18)12-19-20-17(21)14-6-4-3-5-7-14/h3-9,11-12H,2,10H2,1H3,(H,20,21)/b19-12+. The summed E-state index contributed by atoms with van der Waals surface area (Å²) in [5, 5.41) is 3.96. The number of carbonyl (C=O) groups excluding carboxylic acids is 1. The Balaban J connectivity index is 1.96. The predicted molar refractivity (Wildman–Crippen MR) is 91.4 cm³/mol. The molecule has 4 nitrogen and oxygen atoms in total. The zero-order chi connectivity index (χ0) is 15.8. The van der Waals surface area contributed by atoms with Crippen molar-refractivity contribution in [1.29, 1.82) is 0 Å². The van der Waals surface area contributed by atoms with Crippen molar-refractivity contribution in [3.8, 4) is 5.75 Å². The zero-order valence-electron chi connectivity index (χ0n) is 12.3. The fraction of sp³-hybridized carbons (Fsp3) is 0.176. The number of amides is 1. The average Bonchev–Trinajstić information content (AvgIpc) is 2.55. The molecule has 1 amide bonds. The molecule has 0 aromatic heterocycles. The maximum Gasteiger partial charge on any atom is 0.271 e. The smallest absolute Gasteiger partial charge is 0.271 e. The molecular weight excluding hydrogens is 344 g/mol. The summed E-state index contributed by atoms with van der Waals surface area (Å²) >= 11 is 3.46. The summed E-state index contributed by atoms with van der Waals surface area (Å²) in [5.74, 6) is 0.561. The Morgan fingerprint density at radius 1 is 1.27 bits per heavy atom. The van der Waals surface area contributed by atoms with Crippen molar-refractivity contribution in [3.63, 3.8) is 0 Å². The molecule has 0 bridgehead atoms. The van der Waals surface area contributed by atoms with Crippen LogP contribution in [-0.2, 0) is 0 Å². The van der Waals surface area contributed by atoms with E-state index in [1.807, 2.05) is 36.4 Å². The van der Waals surface area contributed by atoms with Gasteiger partial charge in [0.1, 0.15) is 5.75 Å². The first-order valence-corrected chi connectivity index (χ1v) is 7.81. The highest BCUT2D eigenvalue weighted by molar-refractivity contribution is 9.10. The molecule has 0 saturated heterocycles. The van der Waals surface area contributed by atoms with Crippen LogP contribution in [0.4, 0.5) is 0 Å². The number of hydrazone groups is 1. The van der Waals surface area contributed by atoms with Crippen molar-refractivity contribution in [3.05, 3.63) is 64.1 Å². The van der Waals surface area contributed by atoms with Gasteiger partial charge in [-0.25, -0.2) is 5.43 Å². The summed E-state index contributed by atoms with van der Waals surface area (Å²) in [5.41, 5.74) is 3.94.